The molecule has 3 aromatic carbocycles. The van der Waals surface area contributed by atoms with Crippen molar-refractivity contribution < 1.29 is 40.8 Å². The highest BCUT2D eigenvalue weighted by atomic mass is 19.1. The fourth-order valence-corrected chi connectivity index (χ4v) is 2.84. The third kappa shape index (κ3) is 7.46. The number of rotatable bonds is 9. The minimum atomic E-state index is -1.21. The van der Waals surface area contributed by atoms with Crippen LogP contribution in [0.15, 0.2) is 72.8 Å². The molecule has 1 aliphatic heterocycles. The van der Waals surface area contributed by atoms with Gasteiger partial charge in [0.05, 0.1) is 19.8 Å². The fourth-order valence-electron chi connectivity index (χ4n) is 2.84. The molecule has 3 aromatic rings. The summed E-state index contributed by atoms with van der Waals surface area (Å²) in [6.45, 7) is 0.209. The van der Waals surface area contributed by atoms with Crippen molar-refractivity contribution in [2.24, 2.45) is 0 Å². The number of benzene rings is 3. The summed E-state index contributed by atoms with van der Waals surface area (Å²) in [6.07, 6.45) is 0. The van der Waals surface area contributed by atoms with Crippen molar-refractivity contribution >= 4 is 22.0 Å². The first-order valence-corrected chi connectivity index (χ1v) is 10.1. The van der Waals surface area contributed by atoms with Gasteiger partial charge in [-0.3, -0.25) is 0 Å². The molecule has 0 unspecified atom stereocenters. The van der Waals surface area contributed by atoms with E-state index in [1.807, 2.05) is 0 Å². The Morgan fingerprint density at radius 2 is 0.697 bits per heavy atom. The molecule has 0 amide bonds. The molecule has 1 heterocycles. The smallest absolute Gasteiger partial charge is 0.400 e. The van der Waals surface area contributed by atoms with E-state index in [0.717, 1.165) is 0 Å². The van der Waals surface area contributed by atoms with Crippen LogP contribution in [0, 0.1) is 17.5 Å². The SMILES string of the molecule is Fc1ccc(COB2OB(OCc3ccc(F)cc3)OB(OCc3ccc(F)cc3)O2)cc1. The first-order valence-electron chi connectivity index (χ1n) is 10.1. The summed E-state index contributed by atoms with van der Waals surface area (Å²) in [5.74, 6) is -1.08. The van der Waals surface area contributed by atoms with Crippen LogP contribution in [-0.4, -0.2) is 22.0 Å². The summed E-state index contributed by atoms with van der Waals surface area (Å²) >= 11 is 0. The normalized spacial score (nSPS) is 14.1. The van der Waals surface area contributed by atoms with E-state index in [1.165, 1.54) is 36.4 Å². The third-order valence-electron chi connectivity index (χ3n) is 4.56. The summed E-state index contributed by atoms with van der Waals surface area (Å²) in [4.78, 5) is 0. The monoisotopic (exact) mass is 456 g/mol. The molecule has 0 atom stereocenters. The van der Waals surface area contributed by atoms with Gasteiger partial charge in [-0.2, -0.15) is 0 Å². The molecule has 0 aliphatic carbocycles. The molecule has 4 rings (SSSR count). The average molecular weight is 456 g/mol. The third-order valence-corrected chi connectivity index (χ3v) is 4.56. The van der Waals surface area contributed by atoms with Gasteiger partial charge in [-0.15, -0.1) is 0 Å². The average Bonchev–Trinajstić information content (AvgIpc) is 2.83. The number of halogens is 3. The van der Waals surface area contributed by atoms with Gasteiger partial charge >= 0.3 is 22.0 Å². The first-order chi connectivity index (χ1) is 16.0. The molecule has 0 bridgehead atoms. The van der Waals surface area contributed by atoms with Gasteiger partial charge in [0.1, 0.15) is 17.5 Å². The molecule has 0 saturated carbocycles. The van der Waals surface area contributed by atoms with Gasteiger partial charge in [0.15, 0.2) is 0 Å². The van der Waals surface area contributed by atoms with E-state index < -0.39 is 22.0 Å². The van der Waals surface area contributed by atoms with Crippen LogP contribution in [0.4, 0.5) is 13.2 Å². The van der Waals surface area contributed by atoms with Crippen LogP contribution >= 0.6 is 0 Å². The summed E-state index contributed by atoms with van der Waals surface area (Å²) in [6, 6.07) is 17.3. The molecular formula is C21H18B3F3O6. The molecule has 1 aliphatic rings. The Kier molecular flexibility index (Phi) is 8.22. The topological polar surface area (TPSA) is 55.4 Å². The Hall–Kier alpha value is -2.60. The predicted octanol–water partition coefficient (Wildman–Crippen LogP) is 4.07. The maximum Gasteiger partial charge on any atom is 0.615 e. The zero-order chi connectivity index (χ0) is 23.0. The molecule has 168 valence electrons. The molecule has 0 aromatic heterocycles. The maximum absolute atomic E-state index is 13.1. The molecule has 0 spiro atoms. The van der Waals surface area contributed by atoms with Crippen molar-refractivity contribution in [1.29, 1.82) is 0 Å². The fraction of sp³-hybridized carbons (Fsp3) is 0.143. The maximum atomic E-state index is 13.1. The summed E-state index contributed by atoms with van der Waals surface area (Å²) in [7, 11) is -3.62. The van der Waals surface area contributed by atoms with E-state index in [4.69, 9.17) is 27.7 Å². The first kappa shape index (κ1) is 23.6. The lowest BCUT2D eigenvalue weighted by molar-refractivity contribution is 0.0584. The van der Waals surface area contributed by atoms with Crippen molar-refractivity contribution in [2.75, 3.05) is 0 Å². The van der Waals surface area contributed by atoms with Crippen LogP contribution in [-0.2, 0) is 47.5 Å². The Labute approximate surface area is 190 Å². The Bertz CT molecular complexity index is 873. The molecule has 33 heavy (non-hydrogen) atoms. The highest BCUT2D eigenvalue weighted by Crippen LogP contribution is 2.16. The standard InChI is InChI=1S/C21H18B3F3O6/c25-19-7-1-16(2-8-19)13-28-22-31-23(29-14-17-3-9-20(26)10-4-17)33-24(32-22)30-15-18-5-11-21(27)12-6-18/h1-12H,13-15H2. The molecule has 1 saturated heterocycles. The van der Waals surface area contributed by atoms with E-state index >= 15 is 0 Å². The van der Waals surface area contributed by atoms with Gasteiger partial charge in [-0.25, -0.2) is 13.2 Å². The van der Waals surface area contributed by atoms with Crippen molar-refractivity contribution in [2.45, 2.75) is 19.8 Å². The van der Waals surface area contributed by atoms with Crippen LogP contribution < -0.4 is 0 Å². The highest BCUT2D eigenvalue weighted by Gasteiger charge is 2.46. The lowest BCUT2D eigenvalue weighted by atomic mass is 9.96. The summed E-state index contributed by atoms with van der Waals surface area (Å²) in [5, 5.41) is 0. The molecule has 1 fully saturated rings. The summed E-state index contributed by atoms with van der Waals surface area (Å²) in [5.41, 5.74) is 2.09. The van der Waals surface area contributed by atoms with Crippen molar-refractivity contribution in [1.82, 2.24) is 0 Å². The lowest BCUT2D eigenvalue weighted by Crippen LogP contribution is -2.52. The van der Waals surface area contributed by atoms with Crippen LogP contribution in [0.1, 0.15) is 16.7 Å². The minimum Gasteiger partial charge on any atom is -0.400 e. The second kappa shape index (κ2) is 11.5. The van der Waals surface area contributed by atoms with E-state index in [1.54, 1.807) is 36.4 Å². The highest BCUT2D eigenvalue weighted by molar-refractivity contribution is 6.66. The molecule has 6 nitrogen and oxygen atoms in total. The zero-order valence-corrected chi connectivity index (χ0v) is 17.4. The van der Waals surface area contributed by atoms with Gasteiger partial charge < -0.3 is 27.7 Å². The Balaban J connectivity index is 1.35. The second-order valence-corrected chi connectivity index (χ2v) is 7.09. The predicted molar refractivity (Wildman–Crippen MR) is 114 cm³/mol. The summed E-state index contributed by atoms with van der Waals surface area (Å²) < 4.78 is 72.6. The number of hydrogen-bond donors (Lipinski definition) is 0. The zero-order valence-electron chi connectivity index (χ0n) is 17.4. The van der Waals surface area contributed by atoms with Crippen LogP contribution in [0.5, 0.6) is 0 Å². The van der Waals surface area contributed by atoms with Crippen LogP contribution in [0.2, 0.25) is 0 Å². The van der Waals surface area contributed by atoms with Crippen LogP contribution in [0.25, 0.3) is 0 Å². The van der Waals surface area contributed by atoms with Crippen LogP contribution in [0.3, 0.4) is 0 Å². The lowest BCUT2D eigenvalue weighted by Gasteiger charge is -2.28. The van der Waals surface area contributed by atoms with Crippen molar-refractivity contribution in [3.8, 4) is 0 Å². The number of hydrogen-bond acceptors (Lipinski definition) is 6. The van der Waals surface area contributed by atoms with E-state index in [9.17, 15) is 13.2 Å². The molecule has 0 radical (unpaired) electrons. The molecule has 0 N–H and O–H groups in total. The molecule has 12 heteroatoms. The van der Waals surface area contributed by atoms with Crippen molar-refractivity contribution in [3.05, 3.63) is 107 Å². The Morgan fingerprint density at radius 1 is 0.455 bits per heavy atom. The van der Waals surface area contributed by atoms with Crippen molar-refractivity contribution in [3.63, 3.8) is 0 Å². The van der Waals surface area contributed by atoms with Gasteiger partial charge in [-0.05, 0) is 53.1 Å². The van der Waals surface area contributed by atoms with E-state index in [0.29, 0.717) is 16.7 Å². The minimum absolute atomic E-state index is 0.0698. The largest absolute Gasteiger partial charge is 0.615 e. The second-order valence-electron chi connectivity index (χ2n) is 7.09. The molecular weight excluding hydrogens is 438 g/mol. The van der Waals surface area contributed by atoms with Gasteiger partial charge in [0, 0.05) is 0 Å². The quantitative estimate of drug-likeness (QED) is 0.453. The van der Waals surface area contributed by atoms with E-state index in [2.05, 4.69) is 0 Å². The van der Waals surface area contributed by atoms with Gasteiger partial charge in [0.25, 0.3) is 0 Å². The van der Waals surface area contributed by atoms with Gasteiger partial charge in [-0.1, -0.05) is 36.4 Å². The van der Waals surface area contributed by atoms with E-state index in [-0.39, 0.29) is 37.3 Å². The van der Waals surface area contributed by atoms with Gasteiger partial charge in [0.2, 0.25) is 0 Å². The Morgan fingerprint density at radius 3 is 0.939 bits per heavy atom.